The molecule has 3 aromatic rings. The first-order valence-corrected chi connectivity index (χ1v) is 7.28. The first kappa shape index (κ1) is 14.3. The van der Waals surface area contributed by atoms with Crippen LogP contribution in [0.4, 0.5) is 0 Å². The van der Waals surface area contributed by atoms with Gasteiger partial charge in [0.05, 0.1) is 0 Å². The summed E-state index contributed by atoms with van der Waals surface area (Å²) in [6, 6.07) is 20.1. The predicted molar refractivity (Wildman–Crippen MR) is 94.6 cm³/mol. The van der Waals surface area contributed by atoms with Crippen LogP contribution >= 0.6 is 0 Å². The van der Waals surface area contributed by atoms with Crippen molar-refractivity contribution >= 4 is 22.9 Å². The molecule has 0 radical (unpaired) electrons. The largest absolute Gasteiger partial charge is 0.384 e. The molecule has 1 unspecified atom stereocenters. The van der Waals surface area contributed by atoms with Crippen LogP contribution in [0, 0.1) is 0 Å². The minimum atomic E-state index is -0.651. The van der Waals surface area contributed by atoms with Gasteiger partial charge < -0.3 is 5.11 Å². The van der Waals surface area contributed by atoms with Crippen molar-refractivity contribution in [3.05, 3.63) is 96.1 Å². The van der Waals surface area contributed by atoms with E-state index in [1.54, 1.807) is 12.2 Å². The fraction of sp³-hybridized carbons (Fsp3) is 0.0476. The molecule has 0 aliphatic rings. The van der Waals surface area contributed by atoms with Crippen LogP contribution in [0.3, 0.4) is 0 Å². The van der Waals surface area contributed by atoms with E-state index < -0.39 is 6.10 Å². The standard InChI is InChI=1S/C21H18O/c1-3-15-9-11-19(13-16(15)4-2)21(22)20-12-10-17-7-5-6-8-18(17)14-20/h3-14,21-22H,1-2H2. The van der Waals surface area contributed by atoms with Crippen molar-refractivity contribution in [1.82, 2.24) is 0 Å². The van der Waals surface area contributed by atoms with Gasteiger partial charge in [0.1, 0.15) is 6.10 Å². The number of fused-ring (bicyclic) bond motifs is 1. The molecule has 0 saturated carbocycles. The van der Waals surface area contributed by atoms with E-state index >= 15 is 0 Å². The van der Waals surface area contributed by atoms with E-state index in [4.69, 9.17) is 0 Å². The zero-order valence-electron chi connectivity index (χ0n) is 12.4. The molecule has 0 aliphatic heterocycles. The smallest absolute Gasteiger partial charge is 0.104 e. The second-order valence-electron chi connectivity index (χ2n) is 5.31. The number of aliphatic hydroxyl groups is 1. The molecular formula is C21H18O. The van der Waals surface area contributed by atoms with Crippen LogP contribution in [0.15, 0.2) is 73.8 Å². The Morgan fingerprint density at radius 3 is 2.09 bits per heavy atom. The highest BCUT2D eigenvalue weighted by Crippen LogP contribution is 2.27. The maximum atomic E-state index is 10.7. The molecular weight excluding hydrogens is 268 g/mol. The van der Waals surface area contributed by atoms with Gasteiger partial charge >= 0.3 is 0 Å². The SMILES string of the molecule is C=Cc1ccc(C(O)c2ccc3ccccc3c2)cc1C=C. The second kappa shape index (κ2) is 6.00. The van der Waals surface area contributed by atoms with Crippen molar-refractivity contribution in [2.45, 2.75) is 6.10 Å². The minimum absolute atomic E-state index is 0.651. The van der Waals surface area contributed by atoms with Crippen LogP contribution in [-0.4, -0.2) is 5.11 Å². The lowest BCUT2D eigenvalue weighted by atomic mass is 9.95. The Morgan fingerprint density at radius 1 is 0.727 bits per heavy atom. The van der Waals surface area contributed by atoms with E-state index in [0.717, 1.165) is 27.6 Å². The summed E-state index contributed by atoms with van der Waals surface area (Å²) in [5, 5.41) is 13.0. The van der Waals surface area contributed by atoms with Gasteiger partial charge in [0.2, 0.25) is 0 Å². The van der Waals surface area contributed by atoms with Gasteiger partial charge in [-0.05, 0) is 45.2 Å². The van der Waals surface area contributed by atoms with Gasteiger partial charge in [0.25, 0.3) is 0 Å². The molecule has 3 rings (SSSR count). The fourth-order valence-electron chi connectivity index (χ4n) is 2.70. The van der Waals surface area contributed by atoms with E-state index in [1.807, 2.05) is 48.5 Å². The van der Waals surface area contributed by atoms with Crippen LogP contribution < -0.4 is 0 Å². The van der Waals surface area contributed by atoms with Gasteiger partial charge in [-0.25, -0.2) is 0 Å². The highest BCUT2D eigenvalue weighted by molar-refractivity contribution is 5.83. The normalized spacial score (nSPS) is 12.0. The van der Waals surface area contributed by atoms with Crippen LogP contribution in [0.1, 0.15) is 28.4 Å². The first-order chi connectivity index (χ1) is 10.7. The lowest BCUT2D eigenvalue weighted by Gasteiger charge is -2.14. The number of rotatable bonds is 4. The summed E-state index contributed by atoms with van der Waals surface area (Å²) >= 11 is 0. The summed E-state index contributed by atoms with van der Waals surface area (Å²) in [7, 11) is 0. The molecule has 0 bridgehead atoms. The third-order valence-corrected chi connectivity index (χ3v) is 3.96. The third-order valence-electron chi connectivity index (χ3n) is 3.96. The molecule has 0 saturated heterocycles. The molecule has 3 aromatic carbocycles. The monoisotopic (exact) mass is 286 g/mol. The number of hydrogen-bond acceptors (Lipinski definition) is 1. The van der Waals surface area contributed by atoms with E-state index in [2.05, 4.69) is 25.3 Å². The van der Waals surface area contributed by atoms with Crippen LogP contribution in [0.2, 0.25) is 0 Å². The van der Waals surface area contributed by atoms with Gasteiger partial charge in [-0.2, -0.15) is 0 Å². The van der Waals surface area contributed by atoms with E-state index in [0.29, 0.717) is 0 Å². The topological polar surface area (TPSA) is 20.2 Å². The molecule has 1 nitrogen and oxygen atoms in total. The fourth-order valence-corrected chi connectivity index (χ4v) is 2.70. The van der Waals surface area contributed by atoms with Gasteiger partial charge in [-0.15, -0.1) is 0 Å². The molecule has 0 fully saturated rings. The zero-order chi connectivity index (χ0) is 15.5. The van der Waals surface area contributed by atoms with Crippen LogP contribution in [-0.2, 0) is 0 Å². The molecule has 1 N–H and O–H groups in total. The van der Waals surface area contributed by atoms with Crippen molar-refractivity contribution in [2.75, 3.05) is 0 Å². The molecule has 1 heteroatoms. The van der Waals surface area contributed by atoms with E-state index in [9.17, 15) is 5.11 Å². The Hall–Kier alpha value is -2.64. The highest BCUT2D eigenvalue weighted by Gasteiger charge is 2.12. The zero-order valence-corrected chi connectivity index (χ0v) is 12.4. The Morgan fingerprint density at radius 2 is 1.36 bits per heavy atom. The molecule has 108 valence electrons. The Kier molecular flexibility index (Phi) is 3.90. The average molecular weight is 286 g/mol. The lowest BCUT2D eigenvalue weighted by Crippen LogP contribution is -2.00. The molecule has 0 aromatic heterocycles. The minimum Gasteiger partial charge on any atom is -0.384 e. The third kappa shape index (κ3) is 2.59. The summed E-state index contributed by atoms with van der Waals surface area (Å²) in [6.07, 6.45) is 2.93. The second-order valence-corrected chi connectivity index (χ2v) is 5.31. The van der Waals surface area contributed by atoms with Crippen molar-refractivity contribution in [3.8, 4) is 0 Å². The highest BCUT2D eigenvalue weighted by atomic mass is 16.3. The van der Waals surface area contributed by atoms with Crippen LogP contribution in [0.5, 0.6) is 0 Å². The Balaban J connectivity index is 2.03. The van der Waals surface area contributed by atoms with Crippen molar-refractivity contribution < 1.29 is 5.11 Å². The lowest BCUT2D eigenvalue weighted by molar-refractivity contribution is 0.220. The maximum absolute atomic E-state index is 10.7. The predicted octanol–water partition coefficient (Wildman–Crippen LogP) is 5.21. The van der Waals surface area contributed by atoms with E-state index in [1.165, 1.54) is 5.39 Å². The van der Waals surface area contributed by atoms with Crippen molar-refractivity contribution in [2.24, 2.45) is 0 Å². The molecule has 0 aliphatic carbocycles. The summed E-state index contributed by atoms with van der Waals surface area (Å²) in [5.41, 5.74) is 3.74. The Bertz CT molecular complexity index is 845. The summed E-state index contributed by atoms with van der Waals surface area (Å²) < 4.78 is 0. The molecule has 0 heterocycles. The number of aliphatic hydroxyl groups excluding tert-OH is 1. The molecule has 0 amide bonds. The maximum Gasteiger partial charge on any atom is 0.104 e. The van der Waals surface area contributed by atoms with Gasteiger partial charge in [0, 0.05) is 0 Å². The van der Waals surface area contributed by atoms with Crippen molar-refractivity contribution in [3.63, 3.8) is 0 Å². The van der Waals surface area contributed by atoms with Gasteiger partial charge in [-0.1, -0.05) is 73.8 Å². The number of hydrogen-bond donors (Lipinski definition) is 1. The quantitative estimate of drug-likeness (QED) is 0.698. The summed E-state index contributed by atoms with van der Waals surface area (Å²) in [4.78, 5) is 0. The Labute approximate surface area is 130 Å². The van der Waals surface area contributed by atoms with Gasteiger partial charge in [0.15, 0.2) is 0 Å². The summed E-state index contributed by atoms with van der Waals surface area (Å²) in [5.74, 6) is 0. The van der Waals surface area contributed by atoms with Gasteiger partial charge in [-0.3, -0.25) is 0 Å². The molecule has 22 heavy (non-hydrogen) atoms. The first-order valence-electron chi connectivity index (χ1n) is 7.28. The van der Waals surface area contributed by atoms with Crippen molar-refractivity contribution in [1.29, 1.82) is 0 Å². The summed E-state index contributed by atoms with van der Waals surface area (Å²) in [6.45, 7) is 7.62. The molecule has 0 spiro atoms. The van der Waals surface area contributed by atoms with E-state index in [-0.39, 0.29) is 0 Å². The average Bonchev–Trinajstić information content (AvgIpc) is 2.60. The molecule has 1 atom stereocenters. The number of benzene rings is 3. The van der Waals surface area contributed by atoms with Crippen LogP contribution in [0.25, 0.3) is 22.9 Å².